The average Bonchev–Trinajstić information content (AvgIpc) is 3.30. The number of halogens is 3. The van der Waals surface area contributed by atoms with Crippen molar-refractivity contribution in [2.24, 2.45) is 0 Å². The predicted molar refractivity (Wildman–Crippen MR) is 124 cm³/mol. The van der Waals surface area contributed by atoms with Gasteiger partial charge in [0.05, 0.1) is 5.70 Å². The first-order valence-electron chi connectivity index (χ1n) is 10.3. The Morgan fingerprint density at radius 1 is 1.00 bits per heavy atom. The highest BCUT2D eigenvalue weighted by Gasteiger charge is 2.32. The fraction of sp³-hybridized carbons (Fsp3) is 0.0833. The van der Waals surface area contributed by atoms with Crippen LogP contribution in [-0.4, -0.2) is 32.7 Å². The number of hydrogen-bond donors (Lipinski definition) is 1. The van der Waals surface area contributed by atoms with Crippen LogP contribution < -0.4 is 10.2 Å². The van der Waals surface area contributed by atoms with Crippen LogP contribution in [-0.2, 0) is 4.79 Å². The number of rotatable bonds is 5. The molecule has 0 unspecified atom stereocenters. The number of carbonyl (C=O) groups excluding carboxylic acids is 1. The van der Waals surface area contributed by atoms with E-state index in [0.717, 1.165) is 29.3 Å². The summed E-state index contributed by atoms with van der Waals surface area (Å²) in [5.74, 6) is -1.71. The number of aromatic nitrogens is 4. The Morgan fingerprint density at radius 2 is 1.71 bits per heavy atom. The van der Waals surface area contributed by atoms with Gasteiger partial charge in [-0.05, 0) is 51.9 Å². The van der Waals surface area contributed by atoms with Crippen LogP contribution >= 0.6 is 11.6 Å². The van der Waals surface area contributed by atoms with Crippen molar-refractivity contribution in [2.75, 3.05) is 16.8 Å². The predicted octanol–water partition coefficient (Wildman–Crippen LogP) is 4.69. The molecule has 34 heavy (non-hydrogen) atoms. The highest BCUT2D eigenvalue weighted by Crippen LogP contribution is 2.36. The van der Waals surface area contributed by atoms with Gasteiger partial charge in [0, 0.05) is 16.8 Å². The summed E-state index contributed by atoms with van der Waals surface area (Å²) in [6.45, 7) is -0.188. The first-order valence-corrected chi connectivity index (χ1v) is 10.7. The molecule has 0 fully saturated rings. The third kappa shape index (κ3) is 4.38. The molecule has 5 rings (SSSR count). The van der Waals surface area contributed by atoms with Gasteiger partial charge in [0.15, 0.2) is 0 Å². The number of anilines is 2. The fourth-order valence-electron chi connectivity index (χ4n) is 3.85. The fourth-order valence-corrected chi connectivity index (χ4v) is 3.97. The molecule has 1 atom stereocenters. The minimum atomic E-state index is -0.784. The van der Waals surface area contributed by atoms with Crippen LogP contribution in [0, 0.1) is 11.6 Å². The highest BCUT2D eigenvalue weighted by molar-refractivity contribution is 6.30. The van der Waals surface area contributed by atoms with Crippen molar-refractivity contribution in [1.29, 1.82) is 0 Å². The topological polar surface area (TPSA) is 75.9 Å². The normalized spacial score (nSPS) is 15.0. The minimum absolute atomic E-state index is 0.0170. The van der Waals surface area contributed by atoms with E-state index in [1.165, 1.54) is 0 Å². The Morgan fingerprint density at radius 3 is 2.41 bits per heavy atom. The van der Waals surface area contributed by atoms with Gasteiger partial charge in [-0.1, -0.05) is 59.2 Å². The van der Waals surface area contributed by atoms with Crippen molar-refractivity contribution in [3.8, 4) is 0 Å². The molecule has 0 aliphatic carbocycles. The molecular formula is C24H17ClF2N6O. The number of nitrogens with one attached hydrogen (secondary N) is 1. The Bertz CT molecular complexity index is 1350. The maximum Gasteiger partial charge on any atom is 0.251 e. The number of fused-ring (bicyclic) bond motifs is 1. The molecule has 1 aliphatic rings. The standard InChI is InChI=1S/C24H17ClF2N6O/c25-17-8-6-16(7-9-17)22-13-21(15-4-2-1-3-5-15)32(24-29-30-31-33(22)24)14-23(34)28-20-11-18(26)10-19(27)12-20/h1-13,22H,14H2,(H,28,34)/t22-/m0/s1. The quantitative estimate of drug-likeness (QED) is 0.450. The molecule has 1 amide bonds. The lowest BCUT2D eigenvalue weighted by Crippen LogP contribution is -2.37. The lowest BCUT2D eigenvalue weighted by Gasteiger charge is -2.32. The van der Waals surface area contributed by atoms with E-state index in [4.69, 9.17) is 11.6 Å². The van der Waals surface area contributed by atoms with E-state index in [9.17, 15) is 13.6 Å². The molecule has 0 bridgehead atoms. The average molecular weight is 479 g/mol. The molecule has 0 saturated carbocycles. The first-order chi connectivity index (χ1) is 16.5. The van der Waals surface area contributed by atoms with Crippen LogP contribution in [0.4, 0.5) is 20.4 Å². The third-order valence-corrected chi connectivity index (χ3v) is 5.57. The van der Waals surface area contributed by atoms with E-state index in [1.54, 1.807) is 21.7 Å². The van der Waals surface area contributed by atoms with Gasteiger partial charge in [-0.25, -0.2) is 8.78 Å². The minimum Gasteiger partial charge on any atom is -0.324 e. The van der Waals surface area contributed by atoms with E-state index in [-0.39, 0.29) is 18.3 Å². The van der Waals surface area contributed by atoms with Crippen LogP contribution in [0.1, 0.15) is 17.2 Å². The van der Waals surface area contributed by atoms with E-state index < -0.39 is 17.5 Å². The third-order valence-electron chi connectivity index (χ3n) is 5.32. The Balaban J connectivity index is 1.52. The zero-order chi connectivity index (χ0) is 23.7. The molecule has 1 aromatic heterocycles. The monoisotopic (exact) mass is 478 g/mol. The van der Waals surface area contributed by atoms with Crippen LogP contribution in [0.15, 0.2) is 78.9 Å². The SMILES string of the molecule is O=C(CN1C(c2ccccc2)=C[C@@H](c2ccc(Cl)cc2)n2nnnc21)Nc1cc(F)cc(F)c1. The molecule has 0 spiro atoms. The van der Waals surface area contributed by atoms with Gasteiger partial charge in [0.1, 0.15) is 24.2 Å². The highest BCUT2D eigenvalue weighted by atomic mass is 35.5. The van der Waals surface area contributed by atoms with E-state index in [2.05, 4.69) is 20.8 Å². The van der Waals surface area contributed by atoms with Gasteiger partial charge in [-0.3, -0.25) is 9.69 Å². The zero-order valence-electron chi connectivity index (χ0n) is 17.6. The number of nitrogens with zero attached hydrogens (tertiary/aromatic N) is 5. The van der Waals surface area contributed by atoms with Crippen molar-refractivity contribution in [3.63, 3.8) is 0 Å². The summed E-state index contributed by atoms with van der Waals surface area (Å²) in [4.78, 5) is 14.5. The molecule has 0 radical (unpaired) electrons. The molecule has 4 aromatic rings. The van der Waals surface area contributed by atoms with Gasteiger partial charge >= 0.3 is 0 Å². The molecule has 3 aromatic carbocycles. The summed E-state index contributed by atoms with van der Waals surface area (Å²) < 4.78 is 28.7. The van der Waals surface area contributed by atoms with Gasteiger partial charge < -0.3 is 5.32 Å². The molecule has 10 heteroatoms. The van der Waals surface area contributed by atoms with E-state index in [1.807, 2.05) is 48.5 Å². The number of allylic oxidation sites excluding steroid dienone is 1. The molecule has 170 valence electrons. The number of hydrogen-bond acceptors (Lipinski definition) is 5. The summed E-state index contributed by atoms with van der Waals surface area (Å²) in [7, 11) is 0. The van der Waals surface area contributed by atoms with Gasteiger partial charge in [-0.2, -0.15) is 4.68 Å². The summed E-state index contributed by atoms with van der Waals surface area (Å²) in [6.07, 6.45) is 1.96. The maximum absolute atomic E-state index is 13.6. The van der Waals surface area contributed by atoms with Gasteiger partial charge in [-0.15, -0.1) is 0 Å². The summed E-state index contributed by atoms with van der Waals surface area (Å²) in [6, 6.07) is 19.3. The van der Waals surface area contributed by atoms with Gasteiger partial charge in [0.2, 0.25) is 5.91 Å². The lowest BCUT2D eigenvalue weighted by molar-refractivity contribution is -0.114. The van der Waals surface area contributed by atoms with E-state index >= 15 is 0 Å². The van der Waals surface area contributed by atoms with Crippen LogP contribution in [0.25, 0.3) is 5.70 Å². The van der Waals surface area contributed by atoms with Crippen molar-refractivity contribution in [3.05, 3.63) is 107 Å². The second-order valence-corrected chi connectivity index (χ2v) is 8.07. The number of benzene rings is 3. The molecular weight excluding hydrogens is 462 g/mol. The number of tetrazole rings is 1. The smallest absolute Gasteiger partial charge is 0.251 e. The Labute approximate surface area is 198 Å². The van der Waals surface area contributed by atoms with Crippen LogP contribution in [0.3, 0.4) is 0 Å². The summed E-state index contributed by atoms with van der Waals surface area (Å²) in [5, 5.41) is 15.3. The zero-order valence-corrected chi connectivity index (χ0v) is 18.3. The van der Waals surface area contributed by atoms with Crippen LogP contribution in [0.5, 0.6) is 0 Å². The maximum atomic E-state index is 13.6. The Kier molecular flexibility index (Phi) is 5.77. The molecule has 1 N–H and O–H groups in total. The molecule has 2 heterocycles. The first kappa shape index (κ1) is 21.7. The number of amides is 1. The molecule has 1 aliphatic heterocycles. The van der Waals surface area contributed by atoms with Crippen molar-refractivity contribution in [2.45, 2.75) is 6.04 Å². The summed E-state index contributed by atoms with van der Waals surface area (Å²) >= 11 is 6.06. The number of carbonyl (C=O) groups is 1. The van der Waals surface area contributed by atoms with Crippen molar-refractivity contribution < 1.29 is 13.6 Å². The molecule has 0 saturated heterocycles. The van der Waals surface area contributed by atoms with Crippen molar-refractivity contribution >= 4 is 34.8 Å². The second-order valence-electron chi connectivity index (χ2n) is 7.63. The summed E-state index contributed by atoms with van der Waals surface area (Å²) in [5.41, 5.74) is 2.48. The van der Waals surface area contributed by atoms with Gasteiger partial charge in [0.25, 0.3) is 5.95 Å². The Hall–Kier alpha value is -4.11. The van der Waals surface area contributed by atoms with Crippen LogP contribution in [0.2, 0.25) is 5.02 Å². The molecule has 7 nitrogen and oxygen atoms in total. The lowest BCUT2D eigenvalue weighted by atomic mass is 10.0. The largest absolute Gasteiger partial charge is 0.324 e. The van der Waals surface area contributed by atoms with Crippen molar-refractivity contribution in [1.82, 2.24) is 20.2 Å². The second kappa shape index (κ2) is 9.03. The van der Waals surface area contributed by atoms with E-state index in [0.29, 0.717) is 16.7 Å².